The first-order valence-electron chi connectivity index (χ1n) is 7.69. The van der Waals surface area contributed by atoms with Crippen LogP contribution in [0.3, 0.4) is 0 Å². The third kappa shape index (κ3) is 2.66. The van der Waals surface area contributed by atoms with Crippen LogP contribution in [0.1, 0.15) is 18.9 Å². The molecule has 6 heteroatoms. The molecule has 2 aliphatic rings. The fourth-order valence-corrected chi connectivity index (χ4v) is 3.08. The summed E-state index contributed by atoms with van der Waals surface area (Å²) in [4.78, 5) is 15.8. The molecule has 6 nitrogen and oxygen atoms in total. The van der Waals surface area contributed by atoms with Gasteiger partial charge in [-0.05, 0) is 24.6 Å². The fraction of sp³-hybridized carbons (Fsp3) is 0.500. The minimum Gasteiger partial charge on any atom is -0.369 e. The SMILES string of the molecule is CN1C(=N)N[C@](C)(c2cccc(N3CCNCC3)c2)CC1=O. The number of nitrogens with zero attached hydrogens (tertiary/aromatic N) is 2. The molecule has 3 N–H and O–H groups in total. The number of amides is 1. The van der Waals surface area contributed by atoms with Gasteiger partial charge >= 0.3 is 0 Å². The highest BCUT2D eigenvalue weighted by molar-refractivity contribution is 5.98. The second-order valence-electron chi connectivity index (χ2n) is 6.22. The van der Waals surface area contributed by atoms with E-state index in [0.717, 1.165) is 31.7 Å². The largest absolute Gasteiger partial charge is 0.369 e. The first-order chi connectivity index (χ1) is 10.5. The van der Waals surface area contributed by atoms with E-state index < -0.39 is 5.54 Å². The Hall–Kier alpha value is -2.08. The Balaban J connectivity index is 1.87. The van der Waals surface area contributed by atoms with E-state index in [2.05, 4.69) is 27.7 Å². The minimum atomic E-state index is -0.523. The molecular formula is C16H23N5O. The molecule has 3 rings (SSSR count). The van der Waals surface area contributed by atoms with Gasteiger partial charge in [-0.1, -0.05) is 12.1 Å². The number of guanidine groups is 1. The van der Waals surface area contributed by atoms with Crippen molar-refractivity contribution in [1.82, 2.24) is 15.5 Å². The quantitative estimate of drug-likeness (QED) is 0.752. The van der Waals surface area contributed by atoms with Crippen LogP contribution in [-0.4, -0.2) is 50.0 Å². The van der Waals surface area contributed by atoms with E-state index in [4.69, 9.17) is 5.41 Å². The van der Waals surface area contributed by atoms with Gasteiger partial charge in [0.1, 0.15) is 0 Å². The number of rotatable bonds is 2. The molecule has 0 aliphatic carbocycles. The molecule has 1 aromatic carbocycles. The van der Waals surface area contributed by atoms with Gasteiger partial charge in [0.15, 0.2) is 5.96 Å². The second-order valence-corrected chi connectivity index (χ2v) is 6.22. The number of carbonyl (C=O) groups is 1. The lowest BCUT2D eigenvalue weighted by molar-refractivity contribution is -0.129. The van der Waals surface area contributed by atoms with Crippen LogP contribution in [0.15, 0.2) is 24.3 Å². The van der Waals surface area contributed by atoms with Crippen molar-refractivity contribution >= 4 is 17.6 Å². The molecule has 0 unspecified atom stereocenters. The van der Waals surface area contributed by atoms with Crippen LogP contribution in [0, 0.1) is 5.41 Å². The predicted octanol–water partition coefficient (Wildman–Crippen LogP) is 0.698. The summed E-state index contributed by atoms with van der Waals surface area (Å²) in [6, 6.07) is 8.32. The molecule has 0 spiro atoms. The Morgan fingerprint density at radius 2 is 2.00 bits per heavy atom. The number of hydrogen-bond acceptors (Lipinski definition) is 4. The van der Waals surface area contributed by atoms with Crippen molar-refractivity contribution in [3.63, 3.8) is 0 Å². The van der Waals surface area contributed by atoms with E-state index in [9.17, 15) is 4.79 Å². The Labute approximate surface area is 131 Å². The number of anilines is 1. The van der Waals surface area contributed by atoms with Crippen LogP contribution in [0.2, 0.25) is 0 Å². The molecule has 0 saturated carbocycles. The van der Waals surface area contributed by atoms with Crippen molar-refractivity contribution in [3.8, 4) is 0 Å². The molecule has 2 fully saturated rings. The van der Waals surface area contributed by atoms with Crippen LogP contribution in [-0.2, 0) is 10.3 Å². The third-order valence-corrected chi connectivity index (χ3v) is 4.57. The van der Waals surface area contributed by atoms with Gasteiger partial charge in [0.25, 0.3) is 0 Å². The van der Waals surface area contributed by atoms with E-state index in [1.807, 2.05) is 19.1 Å². The van der Waals surface area contributed by atoms with E-state index in [1.165, 1.54) is 10.6 Å². The van der Waals surface area contributed by atoms with Crippen molar-refractivity contribution < 1.29 is 4.79 Å². The lowest BCUT2D eigenvalue weighted by Crippen LogP contribution is -2.58. The number of nitrogens with one attached hydrogen (secondary N) is 3. The molecule has 1 aromatic rings. The zero-order chi connectivity index (χ0) is 15.7. The summed E-state index contributed by atoms with van der Waals surface area (Å²) in [5.74, 6) is 0.130. The van der Waals surface area contributed by atoms with E-state index in [0.29, 0.717) is 6.42 Å². The Bertz CT molecular complexity index is 576. The maximum absolute atomic E-state index is 12.1. The van der Waals surface area contributed by atoms with Crippen molar-refractivity contribution in [1.29, 1.82) is 5.41 Å². The van der Waals surface area contributed by atoms with Crippen molar-refractivity contribution in [2.75, 3.05) is 38.1 Å². The molecule has 0 aromatic heterocycles. The smallest absolute Gasteiger partial charge is 0.231 e. The maximum Gasteiger partial charge on any atom is 0.231 e. The standard InChI is InChI=1S/C16H23N5O/c1-16(11-14(22)20(2)15(17)19-16)12-4-3-5-13(10-12)21-8-6-18-7-9-21/h3-5,10,18H,6-9,11H2,1-2H3,(H2,17,19)/t16-/m0/s1. The number of benzene rings is 1. The zero-order valence-electron chi connectivity index (χ0n) is 13.1. The van der Waals surface area contributed by atoms with Gasteiger partial charge < -0.3 is 15.5 Å². The Morgan fingerprint density at radius 3 is 2.68 bits per heavy atom. The molecule has 2 heterocycles. The van der Waals surface area contributed by atoms with E-state index >= 15 is 0 Å². The molecule has 1 atom stereocenters. The highest BCUT2D eigenvalue weighted by Crippen LogP contribution is 2.31. The zero-order valence-corrected chi connectivity index (χ0v) is 13.1. The normalized spacial score (nSPS) is 26.1. The summed E-state index contributed by atoms with van der Waals surface area (Å²) >= 11 is 0. The fourth-order valence-electron chi connectivity index (χ4n) is 3.08. The number of piperazine rings is 1. The lowest BCUT2D eigenvalue weighted by Gasteiger charge is -2.40. The van der Waals surface area contributed by atoms with Gasteiger partial charge in [0.2, 0.25) is 5.91 Å². The van der Waals surface area contributed by atoms with Crippen molar-refractivity contribution in [2.24, 2.45) is 0 Å². The number of hydrogen-bond donors (Lipinski definition) is 3. The van der Waals surface area contributed by atoms with E-state index in [1.54, 1.807) is 7.05 Å². The summed E-state index contributed by atoms with van der Waals surface area (Å²) in [5.41, 5.74) is 1.71. The van der Waals surface area contributed by atoms with Gasteiger partial charge in [-0.15, -0.1) is 0 Å². The Morgan fingerprint density at radius 1 is 1.27 bits per heavy atom. The van der Waals surface area contributed by atoms with E-state index in [-0.39, 0.29) is 11.9 Å². The minimum absolute atomic E-state index is 0.0289. The molecular weight excluding hydrogens is 278 g/mol. The van der Waals surface area contributed by atoms with Gasteiger partial charge in [-0.25, -0.2) is 0 Å². The van der Waals surface area contributed by atoms with Gasteiger partial charge in [0.05, 0.1) is 12.0 Å². The monoisotopic (exact) mass is 301 g/mol. The average Bonchev–Trinajstić information content (AvgIpc) is 2.53. The van der Waals surface area contributed by atoms with Crippen LogP contribution >= 0.6 is 0 Å². The van der Waals surface area contributed by atoms with Gasteiger partial charge in [0, 0.05) is 38.9 Å². The molecule has 22 heavy (non-hydrogen) atoms. The third-order valence-electron chi connectivity index (χ3n) is 4.57. The summed E-state index contributed by atoms with van der Waals surface area (Å²) < 4.78 is 0. The van der Waals surface area contributed by atoms with Gasteiger partial charge in [-0.3, -0.25) is 15.1 Å². The molecule has 2 aliphatic heterocycles. The molecule has 1 amide bonds. The predicted molar refractivity (Wildman–Crippen MR) is 87.1 cm³/mol. The molecule has 2 saturated heterocycles. The lowest BCUT2D eigenvalue weighted by atomic mass is 9.86. The first-order valence-corrected chi connectivity index (χ1v) is 7.69. The van der Waals surface area contributed by atoms with Crippen LogP contribution in [0.4, 0.5) is 5.69 Å². The summed E-state index contributed by atoms with van der Waals surface area (Å²) in [6.07, 6.45) is 0.358. The highest BCUT2D eigenvalue weighted by Gasteiger charge is 2.38. The highest BCUT2D eigenvalue weighted by atomic mass is 16.2. The van der Waals surface area contributed by atoms with Gasteiger partial charge in [-0.2, -0.15) is 0 Å². The average molecular weight is 301 g/mol. The topological polar surface area (TPSA) is 71.5 Å². The van der Waals surface area contributed by atoms with Crippen LogP contribution in [0.5, 0.6) is 0 Å². The summed E-state index contributed by atoms with van der Waals surface area (Å²) in [6.45, 7) is 5.96. The molecule has 0 radical (unpaired) electrons. The van der Waals surface area contributed by atoms with Crippen LogP contribution < -0.4 is 15.5 Å². The van der Waals surface area contributed by atoms with Crippen LogP contribution in [0.25, 0.3) is 0 Å². The summed E-state index contributed by atoms with van der Waals surface area (Å²) in [5, 5.41) is 14.5. The number of carbonyl (C=O) groups excluding carboxylic acids is 1. The second kappa shape index (κ2) is 5.61. The Kier molecular flexibility index (Phi) is 3.78. The summed E-state index contributed by atoms with van der Waals surface area (Å²) in [7, 11) is 1.63. The first kappa shape index (κ1) is 14.8. The molecule has 0 bridgehead atoms. The van der Waals surface area contributed by atoms with Crippen molar-refractivity contribution in [3.05, 3.63) is 29.8 Å². The molecule has 118 valence electrons. The van der Waals surface area contributed by atoms with Crippen molar-refractivity contribution in [2.45, 2.75) is 18.9 Å². The maximum atomic E-state index is 12.1.